The maximum atomic E-state index is 12.9. The topological polar surface area (TPSA) is 212 Å². The summed E-state index contributed by atoms with van der Waals surface area (Å²) in [6, 6.07) is 32.5. The molecule has 0 saturated heterocycles. The number of benzene rings is 6. The molecule has 26 heteroatoms. The third kappa shape index (κ3) is 17.6. The van der Waals surface area contributed by atoms with E-state index < -0.39 is 84.7 Å². The molecule has 92 heavy (non-hydrogen) atoms. The van der Waals surface area contributed by atoms with Gasteiger partial charge in [-0.3, -0.25) is 0 Å². The molecule has 0 fully saturated rings. The van der Waals surface area contributed by atoms with Crippen molar-refractivity contribution in [2.24, 2.45) is 34.4 Å². The summed E-state index contributed by atoms with van der Waals surface area (Å²) < 4.78 is 161. The smallest absolute Gasteiger partial charge is 0.277 e. The third-order valence-corrected chi connectivity index (χ3v) is 17.4. The SMILES string of the molecule is C[C@@]1(C(F)F)C[C@@H](N)c2ccc(Cl)cc2O1.C[C@@]1(C(F)F)C[C@@H](N)c2ccccc2O1.C[C@@]1(CF)C[C@@H](N)c2ccc(Cl)cc2O1.C[C@]1(C(F)F)C[C@@H](N)c2ccc(Cl)cc2O1.C[C@]1(C(F)F)C[C@@H](N)c2ccccc2O1.C[C@]1(CF)C[C@@H](N)c2ccc(Cl)cc2O1. The van der Waals surface area contributed by atoms with Gasteiger partial charge in [0.15, 0.2) is 22.4 Å². The summed E-state index contributed by atoms with van der Waals surface area (Å²) >= 11 is 23.3. The van der Waals surface area contributed by atoms with Crippen LogP contribution in [0.5, 0.6) is 34.5 Å². The second-order valence-corrected chi connectivity index (χ2v) is 26.6. The quantitative estimate of drug-likeness (QED) is 0.0860. The molecule has 504 valence electrons. The maximum Gasteiger partial charge on any atom is 0.277 e. The summed E-state index contributed by atoms with van der Waals surface area (Å²) in [6.45, 7) is 7.86. The summed E-state index contributed by atoms with van der Waals surface area (Å²) in [7, 11) is 0. The van der Waals surface area contributed by atoms with Crippen LogP contribution in [0.2, 0.25) is 20.1 Å². The first-order valence-electron chi connectivity index (χ1n) is 29.3. The van der Waals surface area contributed by atoms with Gasteiger partial charge in [0.25, 0.3) is 25.7 Å². The van der Waals surface area contributed by atoms with Gasteiger partial charge in [0.1, 0.15) is 59.0 Å². The lowest BCUT2D eigenvalue weighted by Crippen LogP contribution is -2.46. The van der Waals surface area contributed by atoms with Crippen molar-refractivity contribution in [1.29, 1.82) is 0 Å². The molecule has 0 amide bonds. The van der Waals surface area contributed by atoms with Gasteiger partial charge in [0.2, 0.25) is 0 Å². The van der Waals surface area contributed by atoms with E-state index in [-0.39, 0.29) is 49.9 Å². The molecule has 6 aromatic rings. The molecule has 0 radical (unpaired) electrons. The van der Waals surface area contributed by atoms with E-state index in [1.165, 1.54) is 39.8 Å². The number of halogens is 14. The molecular formula is C66H76Cl4F10N6O6. The van der Waals surface area contributed by atoms with Crippen molar-refractivity contribution < 1.29 is 72.3 Å². The molecule has 6 aliphatic rings. The summed E-state index contributed by atoms with van der Waals surface area (Å²) in [6.07, 6.45) is -8.77. The van der Waals surface area contributed by atoms with E-state index >= 15 is 0 Å². The highest BCUT2D eigenvalue weighted by molar-refractivity contribution is 6.31. The van der Waals surface area contributed by atoms with E-state index in [4.69, 9.17) is 109 Å². The van der Waals surface area contributed by atoms with E-state index in [0.717, 1.165) is 33.4 Å². The summed E-state index contributed by atoms with van der Waals surface area (Å²) in [4.78, 5) is 0. The van der Waals surface area contributed by atoms with Gasteiger partial charge in [-0.1, -0.05) is 107 Å². The molecule has 12 atom stereocenters. The predicted molar refractivity (Wildman–Crippen MR) is 338 cm³/mol. The second kappa shape index (κ2) is 30.0. The van der Waals surface area contributed by atoms with E-state index in [2.05, 4.69) is 0 Å². The van der Waals surface area contributed by atoms with Crippen molar-refractivity contribution in [3.63, 3.8) is 0 Å². The van der Waals surface area contributed by atoms with Gasteiger partial charge in [0.05, 0.1) is 0 Å². The van der Waals surface area contributed by atoms with Gasteiger partial charge in [0, 0.05) is 128 Å². The van der Waals surface area contributed by atoms with E-state index in [1.54, 1.807) is 86.6 Å². The van der Waals surface area contributed by atoms with Crippen molar-refractivity contribution >= 4 is 46.4 Å². The van der Waals surface area contributed by atoms with Crippen LogP contribution in [-0.4, -0.2) is 72.7 Å². The number of fused-ring (bicyclic) bond motifs is 6. The number of hydrogen-bond donors (Lipinski definition) is 6. The molecule has 12 nitrogen and oxygen atoms in total. The van der Waals surface area contributed by atoms with Crippen LogP contribution in [0.1, 0.15) is 150 Å². The fraction of sp³-hybridized carbons (Fsp3) is 0.455. The minimum absolute atomic E-state index is 0.0965. The first-order chi connectivity index (χ1) is 43.0. The Bertz CT molecular complexity index is 3260. The minimum atomic E-state index is -2.58. The normalized spacial score (nSPS) is 29.3. The highest BCUT2D eigenvalue weighted by Crippen LogP contribution is 2.47. The second-order valence-electron chi connectivity index (χ2n) is 24.9. The van der Waals surface area contributed by atoms with E-state index in [9.17, 15) is 43.9 Å². The van der Waals surface area contributed by atoms with Crippen LogP contribution >= 0.6 is 46.4 Å². The largest absolute Gasteiger partial charge is 0.484 e. The van der Waals surface area contributed by atoms with Crippen LogP contribution in [0.4, 0.5) is 43.9 Å². The minimum Gasteiger partial charge on any atom is -0.484 e. The summed E-state index contributed by atoms with van der Waals surface area (Å²) in [5, 5.41) is 2.04. The average Bonchev–Trinajstić information content (AvgIpc) is 0.913. The fourth-order valence-corrected chi connectivity index (χ4v) is 11.8. The standard InChI is InChI=1S/2C11H12ClF2NO.2C11H13ClFNO.2C11H13F2NO/c2*1-11(10(13)14)5-8(15)7-3-2-6(12)4-9(7)16-11;2*1-11(6-13)5-9(14)8-3-2-7(12)4-10(8)15-11;2*1-11(10(12)13)6-8(14)7-4-2-3-5-9(7)15-11/h2*2-4,8,10H,5,15H2,1H3;2*2-4,9H,5-6,14H2,1H3;2*2-5,8,10H,6,14H2,1H3/t8-,11+;8-,11-;9-,11+;9-,11-;8-,11+;8-,11-/m111111/s1. The predicted octanol–water partition coefficient (Wildman–Crippen LogP) is 17.0. The van der Waals surface area contributed by atoms with Crippen molar-refractivity contribution in [2.45, 2.75) is 176 Å². The van der Waals surface area contributed by atoms with Gasteiger partial charge in [-0.15, -0.1) is 0 Å². The molecule has 12 N–H and O–H groups in total. The Balaban J connectivity index is 0.000000157. The lowest BCUT2D eigenvalue weighted by Gasteiger charge is -2.38. The number of rotatable bonds is 6. The molecule has 12 rings (SSSR count). The van der Waals surface area contributed by atoms with Crippen LogP contribution in [0, 0.1) is 0 Å². The Morgan fingerprint density at radius 1 is 0.326 bits per heavy atom. The number of para-hydroxylation sites is 2. The van der Waals surface area contributed by atoms with E-state index in [0.29, 0.717) is 67.4 Å². The lowest BCUT2D eigenvalue weighted by molar-refractivity contribution is -0.0808. The summed E-state index contributed by atoms with van der Waals surface area (Å²) in [5.41, 5.74) is 32.5. The van der Waals surface area contributed by atoms with Crippen LogP contribution in [0.15, 0.2) is 121 Å². The molecule has 6 heterocycles. The van der Waals surface area contributed by atoms with Crippen molar-refractivity contribution in [1.82, 2.24) is 0 Å². The molecule has 6 aliphatic heterocycles. The number of alkyl halides is 10. The van der Waals surface area contributed by atoms with Crippen LogP contribution < -0.4 is 62.8 Å². The Kier molecular flexibility index (Phi) is 24.0. The zero-order valence-electron chi connectivity index (χ0n) is 51.2. The fourth-order valence-electron chi connectivity index (χ4n) is 11.2. The highest BCUT2D eigenvalue weighted by atomic mass is 35.5. The molecule has 0 aromatic heterocycles. The van der Waals surface area contributed by atoms with Crippen LogP contribution in [0.25, 0.3) is 0 Å². The third-order valence-electron chi connectivity index (χ3n) is 16.4. The maximum absolute atomic E-state index is 12.9. The molecule has 0 spiro atoms. The highest BCUT2D eigenvalue weighted by Gasteiger charge is 2.47. The molecule has 0 bridgehead atoms. The summed E-state index contributed by atoms with van der Waals surface area (Å²) in [5.74, 6) is 2.85. The van der Waals surface area contributed by atoms with Crippen molar-refractivity contribution in [2.75, 3.05) is 13.3 Å². The lowest BCUT2D eigenvalue weighted by atomic mass is 9.89. The molecule has 6 aromatic carbocycles. The molecular weight excluding hydrogens is 1300 g/mol. The molecule has 0 unspecified atom stereocenters. The van der Waals surface area contributed by atoms with E-state index in [1.807, 2.05) is 36.4 Å². The Morgan fingerprint density at radius 2 is 0.533 bits per heavy atom. The Labute approximate surface area is 548 Å². The molecule has 0 aliphatic carbocycles. The Hall–Kier alpha value is -5.66. The van der Waals surface area contributed by atoms with Crippen LogP contribution in [0.3, 0.4) is 0 Å². The zero-order valence-corrected chi connectivity index (χ0v) is 54.2. The first kappa shape index (κ1) is 73.7. The van der Waals surface area contributed by atoms with Crippen molar-refractivity contribution in [3.05, 3.63) is 175 Å². The Morgan fingerprint density at radius 3 is 0.772 bits per heavy atom. The zero-order chi connectivity index (χ0) is 68.1. The van der Waals surface area contributed by atoms with Crippen LogP contribution in [-0.2, 0) is 0 Å². The number of nitrogens with two attached hydrogens (primary N) is 6. The first-order valence-corrected chi connectivity index (χ1v) is 30.8. The average molecular weight is 1380 g/mol. The number of hydrogen-bond acceptors (Lipinski definition) is 12. The van der Waals surface area contributed by atoms with Gasteiger partial charge in [-0.25, -0.2) is 43.9 Å². The van der Waals surface area contributed by atoms with Gasteiger partial charge in [-0.2, -0.15) is 0 Å². The van der Waals surface area contributed by atoms with Gasteiger partial charge < -0.3 is 62.8 Å². The van der Waals surface area contributed by atoms with Gasteiger partial charge >= 0.3 is 0 Å². The monoisotopic (exact) mass is 1380 g/mol. The number of ether oxygens (including phenoxy) is 6. The van der Waals surface area contributed by atoms with Crippen molar-refractivity contribution in [3.8, 4) is 34.5 Å². The molecule has 0 saturated carbocycles. The van der Waals surface area contributed by atoms with Gasteiger partial charge in [-0.05, 0) is 102 Å².